The summed E-state index contributed by atoms with van der Waals surface area (Å²) >= 11 is 0. The number of halogens is 2. The fourth-order valence-corrected chi connectivity index (χ4v) is 0.295. The van der Waals surface area contributed by atoms with Crippen LogP contribution in [0.25, 0.3) is 0 Å². The van der Waals surface area contributed by atoms with Gasteiger partial charge in [0.05, 0.1) is 0 Å². The van der Waals surface area contributed by atoms with Crippen LogP contribution in [0.2, 0.25) is 0 Å². The molecule has 0 heterocycles. The summed E-state index contributed by atoms with van der Waals surface area (Å²) in [7, 11) is 0. The maximum atomic E-state index is 11.8. The SMILES string of the molecule is C\C=C/C=C\C(F)=C\F. The Hall–Kier alpha value is -0.920. The van der Waals surface area contributed by atoms with E-state index in [2.05, 4.69) is 0 Å². The van der Waals surface area contributed by atoms with Crippen molar-refractivity contribution in [2.75, 3.05) is 0 Å². The molecule has 0 N–H and O–H groups in total. The molecule has 9 heavy (non-hydrogen) atoms. The van der Waals surface area contributed by atoms with Crippen molar-refractivity contribution in [3.8, 4) is 0 Å². The molecule has 0 aromatic carbocycles. The van der Waals surface area contributed by atoms with E-state index in [0.29, 0.717) is 0 Å². The zero-order valence-electron chi connectivity index (χ0n) is 5.14. The van der Waals surface area contributed by atoms with Gasteiger partial charge in [0, 0.05) is 0 Å². The highest BCUT2D eigenvalue weighted by atomic mass is 19.2. The number of allylic oxidation sites excluding steroid dienone is 5. The number of hydrogen-bond donors (Lipinski definition) is 0. The molecule has 0 saturated heterocycles. The predicted molar refractivity (Wildman–Crippen MR) is 34.3 cm³/mol. The Labute approximate surface area is 53.2 Å². The quantitative estimate of drug-likeness (QED) is 0.504. The van der Waals surface area contributed by atoms with Crippen molar-refractivity contribution in [2.45, 2.75) is 6.92 Å². The molecule has 50 valence electrons. The van der Waals surface area contributed by atoms with E-state index in [1.807, 2.05) is 0 Å². The van der Waals surface area contributed by atoms with Gasteiger partial charge in [0.1, 0.15) is 6.33 Å². The van der Waals surface area contributed by atoms with E-state index >= 15 is 0 Å². The first-order valence-electron chi connectivity index (χ1n) is 2.56. The third-order valence-corrected chi connectivity index (χ3v) is 0.663. The monoisotopic (exact) mass is 130 g/mol. The van der Waals surface area contributed by atoms with Crippen LogP contribution in [-0.2, 0) is 0 Å². The summed E-state index contributed by atoms with van der Waals surface area (Å²) in [6, 6.07) is 0. The van der Waals surface area contributed by atoms with E-state index in [0.717, 1.165) is 6.08 Å². The van der Waals surface area contributed by atoms with Crippen LogP contribution >= 0.6 is 0 Å². The largest absolute Gasteiger partial charge is 0.212 e. The first-order chi connectivity index (χ1) is 4.31. The van der Waals surface area contributed by atoms with Crippen LogP contribution in [0, 0.1) is 0 Å². The highest BCUT2D eigenvalue weighted by molar-refractivity contribution is 5.14. The Bertz CT molecular complexity index is 143. The van der Waals surface area contributed by atoms with Crippen LogP contribution in [0.4, 0.5) is 8.78 Å². The minimum atomic E-state index is -0.867. The smallest absolute Gasteiger partial charge is 0.151 e. The highest BCUT2D eigenvalue weighted by Crippen LogP contribution is 1.97. The molecule has 0 spiro atoms. The van der Waals surface area contributed by atoms with Gasteiger partial charge in [-0.1, -0.05) is 18.2 Å². The summed E-state index contributed by atoms with van der Waals surface area (Å²) in [5, 5.41) is 0. The van der Waals surface area contributed by atoms with Gasteiger partial charge < -0.3 is 0 Å². The maximum absolute atomic E-state index is 11.8. The second kappa shape index (κ2) is 5.22. The average molecular weight is 130 g/mol. The van der Waals surface area contributed by atoms with Gasteiger partial charge in [-0.2, -0.15) is 0 Å². The summed E-state index contributed by atoms with van der Waals surface area (Å²) in [6.07, 6.45) is 5.72. The van der Waals surface area contributed by atoms with Gasteiger partial charge in [0.25, 0.3) is 0 Å². The summed E-state index contributed by atoms with van der Waals surface area (Å²) < 4.78 is 23.0. The van der Waals surface area contributed by atoms with Crippen LogP contribution in [0.3, 0.4) is 0 Å². The van der Waals surface area contributed by atoms with Crippen LogP contribution < -0.4 is 0 Å². The summed E-state index contributed by atoms with van der Waals surface area (Å²) in [4.78, 5) is 0. The van der Waals surface area contributed by atoms with Gasteiger partial charge in [0.15, 0.2) is 5.83 Å². The molecule has 0 rings (SSSR count). The molecule has 0 atom stereocenters. The first-order valence-corrected chi connectivity index (χ1v) is 2.56. The van der Waals surface area contributed by atoms with E-state index in [1.165, 1.54) is 6.08 Å². The molecule has 0 amide bonds. The Morgan fingerprint density at radius 3 is 2.44 bits per heavy atom. The van der Waals surface area contributed by atoms with Crippen LogP contribution in [0.15, 0.2) is 36.5 Å². The molecule has 0 aliphatic heterocycles. The Morgan fingerprint density at radius 1 is 1.33 bits per heavy atom. The molecule has 2 heteroatoms. The van der Waals surface area contributed by atoms with Gasteiger partial charge in [-0.05, 0) is 13.0 Å². The van der Waals surface area contributed by atoms with Crippen molar-refractivity contribution < 1.29 is 8.78 Å². The second-order valence-corrected chi connectivity index (χ2v) is 1.38. The van der Waals surface area contributed by atoms with Crippen molar-refractivity contribution in [1.82, 2.24) is 0 Å². The zero-order valence-corrected chi connectivity index (χ0v) is 5.14. The van der Waals surface area contributed by atoms with E-state index in [-0.39, 0.29) is 6.33 Å². The number of rotatable bonds is 2. The second-order valence-electron chi connectivity index (χ2n) is 1.38. The van der Waals surface area contributed by atoms with Crippen molar-refractivity contribution >= 4 is 0 Å². The molecule has 0 nitrogen and oxygen atoms in total. The lowest BCUT2D eigenvalue weighted by Gasteiger charge is -1.76. The van der Waals surface area contributed by atoms with Crippen LogP contribution in [0.1, 0.15) is 6.92 Å². The fourth-order valence-electron chi connectivity index (χ4n) is 0.295. The Balaban J connectivity index is 3.71. The average Bonchev–Trinajstić information content (AvgIpc) is 1.89. The molecule has 0 aliphatic rings. The maximum Gasteiger partial charge on any atom is 0.151 e. The van der Waals surface area contributed by atoms with Crippen molar-refractivity contribution in [3.05, 3.63) is 36.5 Å². The van der Waals surface area contributed by atoms with Crippen LogP contribution in [0.5, 0.6) is 0 Å². The van der Waals surface area contributed by atoms with E-state index in [4.69, 9.17) is 0 Å². The fraction of sp³-hybridized carbons (Fsp3) is 0.143. The molecule has 0 radical (unpaired) electrons. The first kappa shape index (κ1) is 8.08. The lowest BCUT2D eigenvalue weighted by atomic mass is 10.4. The van der Waals surface area contributed by atoms with Gasteiger partial charge in [-0.25, -0.2) is 8.78 Å². The minimum Gasteiger partial charge on any atom is -0.212 e. The van der Waals surface area contributed by atoms with Gasteiger partial charge in [0.2, 0.25) is 0 Å². The van der Waals surface area contributed by atoms with Crippen molar-refractivity contribution in [1.29, 1.82) is 0 Å². The third kappa shape index (κ3) is 4.94. The van der Waals surface area contributed by atoms with E-state index in [9.17, 15) is 8.78 Å². The van der Waals surface area contributed by atoms with Crippen LogP contribution in [-0.4, -0.2) is 0 Å². The zero-order chi connectivity index (χ0) is 7.11. The summed E-state index contributed by atoms with van der Waals surface area (Å²) in [5.74, 6) is -0.867. The predicted octanol–water partition coefficient (Wildman–Crippen LogP) is 2.90. The summed E-state index contributed by atoms with van der Waals surface area (Å²) in [6.45, 7) is 1.79. The highest BCUT2D eigenvalue weighted by Gasteiger charge is 1.80. The molecule has 0 fully saturated rings. The molecular formula is C7H8F2. The molecule has 0 aliphatic carbocycles. The topological polar surface area (TPSA) is 0 Å². The van der Waals surface area contributed by atoms with Gasteiger partial charge >= 0.3 is 0 Å². The van der Waals surface area contributed by atoms with Crippen molar-refractivity contribution in [3.63, 3.8) is 0 Å². The Morgan fingerprint density at radius 2 is 2.00 bits per heavy atom. The normalized spacial score (nSPS) is 13.9. The third-order valence-electron chi connectivity index (χ3n) is 0.663. The molecule has 0 aromatic heterocycles. The molecule has 0 unspecified atom stereocenters. The Kier molecular flexibility index (Phi) is 4.69. The van der Waals surface area contributed by atoms with Crippen molar-refractivity contribution in [2.24, 2.45) is 0 Å². The lowest BCUT2D eigenvalue weighted by Crippen LogP contribution is -1.58. The standard InChI is InChI=1S/C7H8F2/c1-2-3-4-5-7(9)6-8/h2-6H,1H3/b3-2-,5-4-,7-6-. The molecule has 0 bridgehead atoms. The van der Waals surface area contributed by atoms with E-state index < -0.39 is 5.83 Å². The lowest BCUT2D eigenvalue weighted by molar-refractivity contribution is 0.606. The molecule has 0 aromatic rings. The minimum absolute atomic E-state index is 0.0833. The van der Waals surface area contributed by atoms with E-state index in [1.54, 1.807) is 19.1 Å². The van der Waals surface area contributed by atoms with Gasteiger partial charge in [-0.3, -0.25) is 0 Å². The number of hydrogen-bond acceptors (Lipinski definition) is 0. The molecular weight excluding hydrogens is 122 g/mol. The van der Waals surface area contributed by atoms with Gasteiger partial charge in [-0.15, -0.1) is 0 Å². The summed E-state index contributed by atoms with van der Waals surface area (Å²) in [5.41, 5.74) is 0. The molecule has 0 saturated carbocycles.